The van der Waals surface area contributed by atoms with E-state index in [1.807, 2.05) is 147 Å². The number of hydrogen-bond acceptors (Lipinski definition) is 16. The zero-order chi connectivity index (χ0) is 75.1. The first-order chi connectivity index (χ1) is 53.6. The third kappa shape index (κ3) is 14.3. The molecule has 1 fully saturated rings. The van der Waals surface area contributed by atoms with Crippen LogP contribution in [0, 0.1) is 13.8 Å². The first-order valence-corrected chi connectivity index (χ1v) is 36.1. The van der Waals surface area contributed by atoms with E-state index in [2.05, 4.69) is 65.4 Å². The SMILES string of the molecule is COc1ccc2c(c1)nc1n2Cc2cccc(c2)-c2ccc(=O)n(n2)Cc2cccc(c2)C(=O)N1.Cc1nn2c(C)c1-c1ccc(=O)n(n1)Cc1cccc(c1)C(=O)Nc1nc3ccccc3n1CC2.O=C1Nc2nc3cc(CN4CCOCC4)ccc3n2Cc2cccc(c2)-c2ccc(=O)n(n2)Cc2cccc1c2. The van der Waals surface area contributed by atoms with E-state index in [9.17, 15) is 28.8 Å². The fraction of sp³-hybridized carbons (Fsp3) is 0.179. The number of carbonyl (C=O) groups excluding carboxylic acids is 3. The fourth-order valence-electron chi connectivity index (χ4n) is 14.5. The molecule has 0 aliphatic carbocycles. The summed E-state index contributed by atoms with van der Waals surface area (Å²) >= 11 is 0. The summed E-state index contributed by atoms with van der Waals surface area (Å²) in [5, 5.41) is 27.7. The first-order valence-electron chi connectivity index (χ1n) is 36.1. The van der Waals surface area contributed by atoms with Gasteiger partial charge in [0.2, 0.25) is 17.8 Å². The predicted octanol–water partition coefficient (Wildman–Crippen LogP) is 11.1. The van der Waals surface area contributed by atoms with E-state index in [4.69, 9.17) is 24.5 Å². The Morgan fingerprint density at radius 2 is 0.818 bits per heavy atom. The van der Waals surface area contributed by atoms with Crippen LogP contribution < -0.4 is 37.4 Å². The minimum absolute atomic E-state index is 0.196. The van der Waals surface area contributed by atoms with Gasteiger partial charge < -0.3 is 23.2 Å². The maximum atomic E-state index is 13.4. The van der Waals surface area contributed by atoms with E-state index in [0.717, 1.165) is 122 Å². The largest absolute Gasteiger partial charge is 0.497 e. The second kappa shape index (κ2) is 29.5. The summed E-state index contributed by atoms with van der Waals surface area (Å²) in [5.74, 6) is 1.30. The molecule has 3 N–H and O–H groups in total. The Labute approximate surface area is 628 Å². The number of anilines is 3. The molecule has 4 aliphatic rings. The molecule has 0 radical (unpaired) electrons. The Kier molecular flexibility index (Phi) is 18.5. The van der Waals surface area contributed by atoms with Gasteiger partial charge in [-0.3, -0.25) is 54.3 Å². The Bertz CT molecular complexity index is 6350. The molecule has 0 spiro atoms. The highest BCUT2D eigenvalue weighted by Crippen LogP contribution is 2.32. The standard InChI is InChI=1S/C31H28N6O3.C27H21N5O3.C26H23N7O2/c38-29-10-8-26-24-5-1-3-21(15-24)19-36-28-9-7-23(18-35-11-13-40-14-12-35)17-27(28)32-31(36)33-30(39)25-6-2-4-22(16-25)20-37(29)34-26;1-35-21-8-10-24-23(14-21)28-27-29-26(34)20-7-3-5-18(13-20)16-32-25(33)11-9-22(30-32)19-6-2-4-17(12-19)15-31(24)27;1-16-24-17(2)32(29-16)13-12-31-22-9-4-3-8-20(22)27-26(31)28-25(35)19-7-5-6-18(14-19)15-33-23(34)11-10-21(24)30-33/h1-10,15-17H,11-14,18-20H2,(H,32,33,39);2-14H,15-16H2,1H3,(H,28,29,34);3-11,14H,12-13,15H2,1-2H3,(H,27,28,35). The van der Waals surface area contributed by atoms with Crippen LogP contribution in [0.2, 0.25) is 0 Å². The number of aromatic nitrogens is 14. The van der Waals surface area contributed by atoms with Crippen molar-refractivity contribution in [2.75, 3.05) is 49.4 Å². The molecule has 11 heterocycles. The van der Waals surface area contributed by atoms with Gasteiger partial charge in [-0.15, -0.1) is 0 Å². The van der Waals surface area contributed by atoms with Crippen molar-refractivity contribution in [1.82, 2.24) is 72.7 Å². The highest BCUT2D eigenvalue weighted by molar-refractivity contribution is 6.06. The van der Waals surface area contributed by atoms with Crippen LogP contribution in [0.1, 0.15) is 75.8 Å². The molecule has 26 nitrogen and oxygen atoms in total. The van der Waals surface area contributed by atoms with Gasteiger partial charge in [-0.05, 0) is 150 Å². The van der Waals surface area contributed by atoms with Gasteiger partial charge in [0.1, 0.15) is 5.75 Å². The van der Waals surface area contributed by atoms with E-state index in [-0.39, 0.29) is 54.0 Å². The van der Waals surface area contributed by atoms with Crippen LogP contribution in [0.3, 0.4) is 0 Å². The van der Waals surface area contributed by atoms with Gasteiger partial charge in [0.05, 0.1) is 115 Å². The average Bonchev–Trinajstić information content (AvgIpc) is 1.62. The maximum Gasteiger partial charge on any atom is 0.267 e. The first kappa shape index (κ1) is 69.2. The molecule has 7 aromatic heterocycles. The molecule has 4 aliphatic heterocycles. The van der Waals surface area contributed by atoms with Crippen LogP contribution in [0.5, 0.6) is 5.75 Å². The number of fused-ring (bicyclic) bond motifs is 30. The van der Waals surface area contributed by atoms with Crippen molar-refractivity contribution in [1.29, 1.82) is 0 Å². The lowest BCUT2D eigenvalue weighted by Crippen LogP contribution is -2.35. The van der Waals surface area contributed by atoms with Crippen LogP contribution in [-0.4, -0.2) is 124 Å². The van der Waals surface area contributed by atoms with Gasteiger partial charge in [-0.2, -0.15) is 20.4 Å². The number of aryl methyl sites for hydroxylation is 3. The summed E-state index contributed by atoms with van der Waals surface area (Å²) in [6, 6.07) is 67.4. The lowest BCUT2D eigenvalue weighted by molar-refractivity contribution is 0.0342. The number of imidazole rings is 3. The van der Waals surface area contributed by atoms with E-state index < -0.39 is 0 Å². The third-order valence-corrected chi connectivity index (χ3v) is 20.1. The minimum Gasteiger partial charge on any atom is -0.497 e. The lowest BCUT2D eigenvalue weighted by atomic mass is 10.1. The van der Waals surface area contributed by atoms with Crippen molar-refractivity contribution in [3.63, 3.8) is 0 Å². The molecule has 15 aromatic rings. The van der Waals surface area contributed by atoms with Crippen molar-refractivity contribution < 1.29 is 23.9 Å². The number of benzene rings is 8. The van der Waals surface area contributed by atoms with Gasteiger partial charge in [-0.1, -0.05) is 91.0 Å². The molecule has 19 rings (SSSR count). The number of morpholine rings is 1. The molecule has 8 aromatic carbocycles. The van der Waals surface area contributed by atoms with Crippen LogP contribution in [0.15, 0.2) is 233 Å². The number of amides is 3. The van der Waals surface area contributed by atoms with Crippen molar-refractivity contribution in [2.24, 2.45) is 0 Å². The fourth-order valence-corrected chi connectivity index (χ4v) is 14.5. The van der Waals surface area contributed by atoms with Crippen LogP contribution in [-0.2, 0) is 57.1 Å². The van der Waals surface area contributed by atoms with Crippen molar-refractivity contribution in [3.8, 4) is 39.5 Å². The average molecular weight is 1460 g/mol. The van der Waals surface area contributed by atoms with Gasteiger partial charge in [-0.25, -0.2) is 29.0 Å². The van der Waals surface area contributed by atoms with Crippen molar-refractivity contribution in [2.45, 2.75) is 66.2 Å². The summed E-state index contributed by atoms with van der Waals surface area (Å²) in [5.41, 5.74) is 18.2. The molecule has 18 bridgehead atoms. The monoisotopic (exact) mass is 1460 g/mol. The highest BCUT2D eigenvalue weighted by atomic mass is 16.5. The van der Waals surface area contributed by atoms with Gasteiger partial charge in [0.25, 0.3) is 34.4 Å². The summed E-state index contributed by atoms with van der Waals surface area (Å²) in [4.78, 5) is 94.2. The zero-order valence-corrected chi connectivity index (χ0v) is 60.2. The molecule has 0 atom stereocenters. The predicted molar refractivity (Wildman–Crippen MR) is 418 cm³/mol. The summed E-state index contributed by atoms with van der Waals surface area (Å²) in [6.45, 7) is 11.0. The number of carbonyl (C=O) groups is 3. The molecule has 1 saturated heterocycles. The lowest BCUT2D eigenvalue weighted by Gasteiger charge is -2.26. The number of ether oxygens (including phenoxy) is 2. The highest BCUT2D eigenvalue weighted by Gasteiger charge is 2.24. The normalized spacial score (nSPS) is 14.1. The zero-order valence-electron chi connectivity index (χ0n) is 60.2. The van der Waals surface area contributed by atoms with Crippen LogP contribution in [0.4, 0.5) is 17.8 Å². The van der Waals surface area contributed by atoms with E-state index >= 15 is 0 Å². The molecule has 0 saturated carbocycles. The molecular formula is C84H72N18O8. The number of nitrogens with one attached hydrogen (secondary N) is 3. The summed E-state index contributed by atoms with van der Waals surface area (Å²) in [6.07, 6.45) is 0. The van der Waals surface area contributed by atoms with Crippen LogP contribution in [0.25, 0.3) is 66.9 Å². The molecule has 0 unspecified atom stereocenters. The minimum atomic E-state index is -0.284. The topological polar surface area (TPSA) is 285 Å². The molecule has 110 heavy (non-hydrogen) atoms. The van der Waals surface area contributed by atoms with Crippen molar-refractivity contribution in [3.05, 3.63) is 311 Å². The number of hydrogen-bond donors (Lipinski definition) is 3. The smallest absolute Gasteiger partial charge is 0.267 e. The second-order valence-corrected chi connectivity index (χ2v) is 27.5. The van der Waals surface area contributed by atoms with Crippen molar-refractivity contribution >= 4 is 68.7 Å². The van der Waals surface area contributed by atoms with E-state index in [0.29, 0.717) is 83.5 Å². The molecule has 26 heteroatoms. The molecule has 546 valence electrons. The van der Waals surface area contributed by atoms with Gasteiger partial charge in [0.15, 0.2) is 0 Å². The second-order valence-electron chi connectivity index (χ2n) is 27.5. The maximum absolute atomic E-state index is 13.4. The summed E-state index contributed by atoms with van der Waals surface area (Å²) < 4.78 is 23.1. The Hall–Kier alpha value is -13.9. The van der Waals surface area contributed by atoms with Gasteiger partial charge >= 0.3 is 0 Å². The van der Waals surface area contributed by atoms with E-state index in [1.165, 1.54) is 31.7 Å². The summed E-state index contributed by atoms with van der Waals surface area (Å²) in [7, 11) is 1.61. The quantitative estimate of drug-likeness (QED) is 0.148. The number of nitrogens with zero attached hydrogens (tertiary/aromatic N) is 15. The Morgan fingerprint density at radius 3 is 1.35 bits per heavy atom. The Morgan fingerprint density at radius 1 is 0.382 bits per heavy atom. The third-order valence-electron chi connectivity index (χ3n) is 20.1. The number of para-hydroxylation sites is 2. The van der Waals surface area contributed by atoms with E-state index in [1.54, 1.807) is 73.8 Å². The molecular weight excluding hydrogens is 1390 g/mol. The Balaban J connectivity index is 0.000000121. The number of rotatable bonds is 3. The van der Waals surface area contributed by atoms with Gasteiger partial charge in [0, 0.05) is 89.5 Å². The number of methoxy groups -OCH3 is 1. The van der Waals surface area contributed by atoms with Crippen LogP contribution >= 0.6 is 0 Å². The molecule has 3 amide bonds.